The summed E-state index contributed by atoms with van der Waals surface area (Å²) in [4.78, 5) is 0. The zero-order valence-corrected chi connectivity index (χ0v) is 16.5. The van der Waals surface area contributed by atoms with E-state index in [0.717, 1.165) is 0 Å². The molecule has 0 fully saturated rings. The molecular formula is C19H17Cl3Ti. The summed E-state index contributed by atoms with van der Waals surface area (Å²) < 4.78 is 0.0484. The molecule has 0 bridgehead atoms. The van der Waals surface area contributed by atoms with Crippen molar-refractivity contribution in [2.24, 2.45) is 0 Å². The van der Waals surface area contributed by atoms with Crippen molar-refractivity contribution in [3.63, 3.8) is 0 Å². The summed E-state index contributed by atoms with van der Waals surface area (Å²) in [6.07, 6.45) is 6.96. The zero-order valence-electron chi connectivity index (χ0n) is 12.7. The van der Waals surface area contributed by atoms with Gasteiger partial charge < -0.3 is 37.2 Å². The zero-order chi connectivity index (χ0) is 14.0. The fraction of sp³-hybridized carbons (Fsp3) is 0.158. The van der Waals surface area contributed by atoms with Crippen molar-refractivity contribution in [1.82, 2.24) is 0 Å². The van der Waals surface area contributed by atoms with Crippen molar-refractivity contribution in [3.8, 4) is 0 Å². The number of rotatable bonds is 3. The molecule has 0 aliphatic heterocycles. The van der Waals surface area contributed by atoms with E-state index in [2.05, 4.69) is 106 Å². The van der Waals surface area contributed by atoms with Gasteiger partial charge in [-0.25, -0.2) is 0 Å². The third-order valence-corrected chi connectivity index (χ3v) is 4.77. The first-order valence-electron chi connectivity index (χ1n) is 6.93. The normalized spacial score (nSPS) is 18.5. The third-order valence-electron chi connectivity index (χ3n) is 3.83. The first kappa shape index (κ1) is 22.5. The standard InChI is InChI=1S/C19H17.3ClH.Ti/c1-15-12-13-18(14-15)19(16-8-4-2-5-9-16)17-10-6-3-7-11-17;;;;/h2-14,19H,1H3;3*1H;/q;;;;+3/p-3. The average Bonchev–Trinajstić information content (AvgIpc) is 2.81. The first-order valence-corrected chi connectivity index (χ1v) is 7.71. The second-order valence-electron chi connectivity index (χ2n) is 5.41. The second-order valence-corrected chi connectivity index (χ2v) is 6.76. The van der Waals surface area contributed by atoms with E-state index < -0.39 is 0 Å². The molecule has 1 unspecified atom stereocenters. The Labute approximate surface area is 169 Å². The van der Waals surface area contributed by atoms with Crippen LogP contribution < -0.4 is 37.2 Å². The molecule has 1 aliphatic rings. The van der Waals surface area contributed by atoms with Gasteiger partial charge in [-0.2, -0.15) is 0 Å². The second kappa shape index (κ2) is 9.72. The summed E-state index contributed by atoms with van der Waals surface area (Å²) in [6, 6.07) is 21.6. The Morgan fingerprint density at radius 2 is 1.22 bits per heavy atom. The van der Waals surface area contributed by atoms with Crippen LogP contribution >= 0.6 is 0 Å². The Morgan fingerprint density at radius 3 is 1.57 bits per heavy atom. The minimum atomic E-state index is 0. The van der Waals surface area contributed by atoms with E-state index in [9.17, 15) is 0 Å². The van der Waals surface area contributed by atoms with E-state index >= 15 is 0 Å². The molecule has 23 heavy (non-hydrogen) atoms. The van der Waals surface area contributed by atoms with Gasteiger partial charge in [-0.05, 0) is 0 Å². The molecule has 118 valence electrons. The molecular weight excluding hydrogens is 382 g/mol. The molecule has 1 aliphatic carbocycles. The van der Waals surface area contributed by atoms with Crippen molar-refractivity contribution >= 4 is 0 Å². The van der Waals surface area contributed by atoms with E-state index in [1.54, 1.807) is 0 Å². The van der Waals surface area contributed by atoms with Crippen LogP contribution in [0.25, 0.3) is 0 Å². The van der Waals surface area contributed by atoms with Crippen LogP contribution in [0.15, 0.2) is 84.5 Å². The molecule has 0 aromatic heterocycles. The van der Waals surface area contributed by atoms with Crippen molar-refractivity contribution in [3.05, 3.63) is 95.6 Å². The minimum Gasteiger partial charge on any atom is -1.00 e. The van der Waals surface area contributed by atoms with E-state index in [0.29, 0.717) is 5.92 Å². The molecule has 0 N–H and O–H groups in total. The van der Waals surface area contributed by atoms with Gasteiger partial charge in [-0.15, -0.1) is 0 Å². The van der Waals surface area contributed by atoms with Crippen molar-refractivity contribution in [2.45, 2.75) is 16.6 Å². The molecule has 0 amide bonds. The SMILES string of the molecule is CC1=C[C]([Ti+3])(C(c2ccccc2)c2ccccc2)C=C1.[Cl-].[Cl-].[Cl-]. The maximum absolute atomic E-state index is 2.39. The average molecular weight is 400 g/mol. The van der Waals surface area contributed by atoms with Crippen molar-refractivity contribution in [1.29, 1.82) is 0 Å². The fourth-order valence-electron chi connectivity index (χ4n) is 2.96. The molecule has 1 atom stereocenters. The van der Waals surface area contributed by atoms with Crippen LogP contribution in [-0.4, -0.2) is 0 Å². The molecule has 0 saturated heterocycles. The molecule has 0 saturated carbocycles. The van der Waals surface area contributed by atoms with E-state index in [1.807, 2.05) is 0 Å². The summed E-state index contributed by atoms with van der Waals surface area (Å²) in [7, 11) is 0. The fourth-order valence-corrected chi connectivity index (χ4v) is 3.96. The summed E-state index contributed by atoms with van der Waals surface area (Å²) in [5.74, 6) is 0.360. The summed E-state index contributed by atoms with van der Waals surface area (Å²) in [6.45, 7) is 2.18. The number of hydrogen-bond acceptors (Lipinski definition) is 0. The molecule has 4 heteroatoms. The Kier molecular flexibility index (Phi) is 9.51. The van der Waals surface area contributed by atoms with Gasteiger partial charge in [0.1, 0.15) is 0 Å². The third kappa shape index (κ3) is 4.99. The van der Waals surface area contributed by atoms with Gasteiger partial charge in [0, 0.05) is 0 Å². The van der Waals surface area contributed by atoms with Gasteiger partial charge >= 0.3 is 133 Å². The monoisotopic (exact) mass is 398 g/mol. The smallest absolute Gasteiger partial charge is 1.00 e. The van der Waals surface area contributed by atoms with Gasteiger partial charge in [0.05, 0.1) is 0 Å². The van der Waals surface area contributed by atoms with Crippen LogP contribution in [0.5, 0.6) is 0 Å². The summed E-state index contributed by atoms with van der Waals surface area (Å²) in [5, 5.41) is 0. The number of hydrogen-bond donors (Lipinski definition) is 0. The first-order chi connectivity index (χ1) is 9.69. The Morgan fingerprint density at radius 1 is 0.783 bits per heavy atom. The maximum atomic E-state index is 2.39. The number of halogens is 3. The van der Waals surface area contributed by atoms with Crippen molar-refractivity contribution < 1.29 is 57.7 Å². The van der Waals surface area contributed by atoms with Gasteiger partial charge in [0.25, 0.3) is 0 Å². The predicted molar refractivity (Wildman–Crippen MR) is 80.3 cm³/mol. The predicted octanol–water partition coefficient (Wildman–Crippen LogP) is -3.95. The van der Waals surface area contributed by atoms with Gasteiger partial charge in [-0.1, -0.05) is 0 Å². The molecule has 0 nitrogen and oxygen atoms in total. The van der Waals surface area contributed by atoms with E-state index in [4.69, 9.17) is 0 Å². The topological polar surface area (TPSA) is 0 Å². The number of allylic oxidation sites excluding steroid dienone is 4. The molecule has 2 aromatic rings. The van der Waals surface area contributed by atoms with Crippen LogP contribution in [0.2, 0.25) is 3.72 Å². The Hall–Kier alpha value is -0.496. The maximum Gasteiger partial charge on any atom is -1.00 e. The van der Waals surface area contributed by atoms with Gasteiger partial charge in [-0.3, -0.25) is 0 Å². The summed E-state index contributed by atoms with van der Waals surface area (Å²) >= 11 is 2.32. The van der Waals surface area contributed by atoms with Crippen LogP contribution in [0, 0.1) is 0 Å². The molecule has 0 radical (unpaired) electrons. The van der Waals surface area contributed by atoms with Crippen LogP contribution in [0.1, 0.15) is 24.0 Å². The van der Waals surface area contributed by atoms with E-state index in [1.165, 1.54) is 16.7 Å². The Balaban J connectivity index is 0.00000161. The number of benzene rings is 2. The van der Waals surface area contributed by atoms with Gasteiger partial charge in [0.2, 0.25) is 0 Å². The largest absolute Gasteiger partial charge is 1.00 e. The van der Waals surface area contributed by atoms with Crippen LogP contribution in [0.3, 0.4) is 0 Å². The van der Waals surface area contributed by atoms with Crippen LogP contribution in [-0.2, 0) is 20.4 Å². The Bertz CT molecular complexity index is 613. The minimum absolute atomic E-state index is 0. The molecule has 3 rings (SSSR count). The molecule has 0 heterocycles. The van der Waals surface area contributed by atoms with Crippen molar-refractivity contribution in [2.75, 3.05) is 0 Å². The molecule has 0 spiro atoms. The molecule has 2 aromatic carbocycles. The quantitative estimate of drug-likeness (QED) is 0.463. The van der Waals surface area contributed by atoms with E-state index in [-0.39, 0.29) is 40.9 Å². The van der Waals surface area contributed by atoms with Gasteiger partial charge in [0.15, 0.2) is 0 Å². The van der Waals surface area contributed by atoms with Crippen LogP contribution in [0.4, 0.5) is 0 Å². The summed E-state index contributed by atoms with van der Waals surface area (Å²) in [5.41, 5.74) is 4.10.